The lowest BCUT2D eigenvalue weighted by atomic mass is 10.1. The van der Waals surface area contributed by atoms with E-state index in [1.807, 2.05) is 49.4 Å². The highest BCUT2D eigenvalue weighted by molar-refractivity contribution is 7.99. The van der Waals surface area contributed by atoms with Crippen molar-refractivity contribution in [3.05, 3.63) is 71.5 Å². The second-order valence-electron chi connectivity index (χ2n) is 6.73. The summed E-state index contributed by atoms with van der Waals surface area (Å²) in [5.74, 6) is 1.12. The maximum Gasteiger partial charge on any atom is 0.234 e. The Labute approximate surface area is 175 Å². The smallest absolute Gasteiger partial charge is 0.234 e. The van der Waals surface area contributed by atoms with Gasteiger partial charge in [-0.05, 0) is 31.0 Å². The fourth-order valence-electron chi connectivity index (χ4n) is 2.88. The third-order valence-electron chi connectivity index (χ3n) is 4.46. The first kappa shape index (κ1) is 21.1. The molecule has 0 saturated carbocycles. The van der Waals surface area contributed by atoms with Crippen molar-refractivity contribution < 1.29 is 9.53 Å². The summed E-state index contributed by atoms with van der Waals surface area (Å²) in [6, 6.07) is 18.1. The number of amides is 1. The van der Waals surface area contributed by atoms with Crippen LogP contribution in [0.2, 0.25) is 0 Å². The fraction of sp³-hybridized carbons (Fsp3) is 0.318. The summed E-state index contributed by atoms with van der Waals surface area (Å²) in [4.78, 5) is 12.3. The molecule has 29 heavy (non-hydrogen) atoms. The summed E-state index contributed by atoms with van der Waals surface area (Å²) in [6.07, 6.45) is 1.68. The molecule has 0 atom stereocenters. The molecular formula is C22H26N4O2S. The minimum Gasteiger partial charge on any atom is -0.383 e. The molecule has 0 unspecified atom stereocenters. The monoisotopic (exact) mass is 410 g/mol. The molecule has 3 rings (SSSR count). The molecule has 6 nitrogen and oxygen atoms in total. The van der Waals surface area contributed by atoms with Crippen molar-refractivity contribution in [2.45, 2.75) is 31.5 Å². The number of ether oxygens (including phenoxy) is 1. The zero-order valence-electron chi connectivity index (χ0n) is 16.8. The lowest BCUT2D eigenvalue weighted by Gasteiger charge is -2.10. The predicted octanol–water partition coefficient (Wildman–Crippen LogP) is 3.75. The number of aromatic nitrogens is 3. The quantitative estimate of drug-likeness (QED) is 0.516. The number of carbonyl (C=O) groups is 1. The Morgan fingerprint density at radius 3 is 2.55 bits per heavy atom. The number of methoxy groups -OCH3 is 1. The van der Waals surface area contributed by atoms with Gasteiger partial charge in [-0.2, -0.15) is 0 Å². The molecule has 3 aromatic rings. The van der Waals surface area contributed by atoms with E-state index in [1.54, 1.807) is 7.11 Å². The Morgan fingerprint density at radius 2 is 1.83 bits per heavy atom. The molecule has 0 fully saturated rings. The van der Waals surface area contributed by atoms with E-state index < -0.39 is 0 Å². The van der Waals surface area contributed by atoms with Gasteiger partial charge in [0, 0.05) is 25.8 Å². The van der Waals surface area contributed by atoms with Crippen molar-refractivity contribution in [2.75, 3.05) is 24.8 Å². The van der Waals surface area contributed by atoms with Crippen LogP contribution in [0.25, 0.3) is 0 Å². The number of thioether (sulfide) groups is 1. The molecule has 152 valence electrons. The van der Waals surface area contributed by atoms with Gasteiger partial charge < -0.3 is 14.6 Å². The fourth-order valence-corrected chi connectivity index (χ4v) is 3.67. The molecule has 1 aromatic heterocycles. The van der Waals surface area contributed by atoms with Gasteiger partial charge in [0.15, 0.2) is 5.16 Å². The number of aryl methyl sites for hydroxylation is 3. The van der Waals surface area contributed by atoms with Crippen molar-refractivity contribution in [1.82, 2.24) is 14.8 Å². The highest BCUT2D eigenvalue weighted by Gasteiger charge is 2.14. The molecule has 1 N–H and O–H groups in total. The van der Waals surface area contributed by atoms with Gasteiger partial charge in [-0.3, -0.25) is 4.79 Å². The molecular weight excluding hydrogens is 384 g/mol. The maximum atomic E-state index is 12.3. The van der Waals surface area contributed by atoms with Gasteiger partial charge in [0.1, 0.15) is 5.82 Å². The van der Waals surface area contributed by atoms with Crippen LogP contribution in [0.1, 0.15) is 17.0 Å². The third kappa shape index (κ3) is 6.44. The summed E-state index contributed by atoms with van der Waals surface area (Å²) in [6.45, 7) is 3.25. The van der Waals surface area contributed by atoms with Crippen LogP contribution in [0.3, 0.4) is 0 Å². The zero-order valence-corrected chi connectivity index (χ0v) is 17.6. The molecule has 7 heteroatoms. The average molecular weight is 411 g/mol. The van der Waals surface area contributed by atoms with Crippen molar-refractivity contribution >= 4 is 23.4 Å². The zero-order chi connectivity index (χ0) is 20.5. The molecule has 0 radical (unpaired) electrons. The van der Waals surface area contributed by atoms with Crippen LogP contribution < -0.4 is 5.32 Å². The van der Waals surface area contributed by atoms with Crippen molar-refractivity contribution in [3.63, 3.8) is 0 Å². The lowest BCUT2D eigenvalue weighted by Crippen LogP contribution is -2.15. The van der Waals surface area contributed by atoms with Gasteiger partial charge in [0.25, 0.3) is 0 Å². The molecule has 0 aliphatic heterocycles. The van der Waals surface area contributed by atoms with Gasteiger partial charge in [0.2, 0.25) is 5.91 Å². The summed E-state index contributed by atoms with van der Waals surface area (Å²) in [5.41, 5.74) is 3.22. The van der Waals surface area contributed by atoms with Gasteiger partial charge in [-0.15, -0.1) is 10.2 Å². The van der Waals surface area contributed by atoms with E-state index in [0.29, 0.717) is 13.2 Å². The highest BCUT2D eigenvalue weighted by atomic mass is 32.2. The Balaban J connectivity index is 1.60. The van der Waals surface area contributed by atoms with Crippen LogP contribution in [0.4, 0.5) is 5.69 Å². The normalized spacial score (nSPS) is 10.8. The van der Waals surface area contributed by atoms with Gasteiger partial charge >= 0.3 is 0 Å². The summed E-state index contributed by atoms with van der Waals surface area (Å²) < 4.78 is 7.29. The van der Waals surface area contributed by atoms with Crippen LogP contribution in [-0.2, 0) is 28.9 Å². The summed E-state index contributed by atoms with van der Waals surface area (Å²) in [5, 5.41) is 12.3. The number of hydrogen-bond acceptors (Lipinski definition) is 5. The van der Waals surface area contributed by atoms with E-state index in [1.165, 1.54) is 17.3 Å². The summed E-state index contributed by atoms with van der Waals surface area (Å²) >= 11 is 1.39. The van der Waals surface area contributed by atoms with Crippen molar-refractivity contribution in [1.29, 1.82) is 0 Å². The van der Waals surface area contributed by atoms with E-state index in [0.717, 1.165) is 35.1 Å². The van der Waals surface area contributed by atoms with Crippen LogP contribution in [-0.4, -0.2) is 40.1 Å². The van der Waals surface area contributed by atoms with E-state index in [2.05, 4.69) is 32.2 Å². The number of rotatable bonds is 10. The first-order valence-corrected chi connectivity index (χ1v) is 10.6. The number of hydrogen-bond donors (Lipinski definition) is 1. The van der Waals surface area contributed by atoms with E-state index in [9.17, 15) is 4.79 Å². The second kappa shape index (κ2) is 10.8. The Kier molecular flexibility index (Phi) is 7.84. The van der Waals surface area contributed by atoms with Crippen LogP contribution >= 0.6 is 11.8 Å². The first-order valence-electron chi connectivity index (χ1n) is 9.60. The molecule has 0 saturated heterocycles. The van der Waals surface area contributed by atoms with Gasteiger partial charge in [-0.1, -0.05) is 59.8 Å². The van der Waals surface area contributed by atoms with Crippen LogP contribution in [0.5, 0.6) is 0 Å². The number of benzene rings is 2. The molecule has 0 aliphatic rings. The molecule has 1 amide bonds. The predicted molar refractivity (Wildman–Crippen MR) is 116 cm³/mol. The number of nitrogens with one attached hydrogen (secondary N) is 1. The number of carbonyl (C=O) groups excluding carboxylic acids is 1. The lowest BCUT2D eigenvalue weighted by molar-refractivity contribution is -0.113. The minimum atomic E-state index is -0.0639. The Hall–Kier alpha value is -2.64. The third-order valence-corrected chi connectivity index (χ3v) is 5.43. The van der Waals surface area contributed by atoms with Crippen LogP contribution in [0, 0.1) is 6.92 Å². The molecule has 2 aromatic carbocycles. The summed E-state index contributed by atoms with van der Waals surface area (Å²) in [7, 11) is 1.68. The largest absolute Gasteiger partial charge is 0.383 e. The minimum absolute atomic E-state index is 0.0639. The van der Waals surface area contributed by atoms with E-state index in [-0.39, 0.29) is 11.7 Å². The van der Waals surface area contributed by atoms with Gasteiger partial charge in [-0.25, -0.2) is 0 Å². The Morgan fingerprint density at radius 1 is 1.07 bits per heavy atom. The molecule has 1 heterocycles. The molecule has 0 spiro atoms. The second-order valence-corrected chi connectivity index (χ2v) is 7.67. The molecule has 0 bridgehead atoms. The van der Waals surface area contributed by atoms with E-state index in [4.69, 9.17) is 4.74 Å². The van der Waals surface area contributed by atoms with Crippen molar-refractivity contribution in [2.24, 2.45) is 0 Å². The first-order chi connectivity index (χ1) is 14.2. The maximum absolute atomic E-state index is 12.3. The average Bonchev–Trinajstić information content (AvgIpc) is 3.13. The van der Waals surface area contributed by atoms with Crippen molar-refractivity contribution in [3.8, 4) is 0 Å². The molecule has 0 aliphatic carbocycles. The topological polar surface area (TPSA) is 69.0 Å². The number of nitrogens with zero attached hydrogens (tertiary/aromatic N) is 3. The standard InChI is InChI=1S/C22H26N4O2S/c1-17-8-11-19(12-9-17)23-21(27)16-29-22-25-24-20(26(22)14-15-28-2)13-10-18-6-4-3-5-7-18/h3-9,11-12H,10,13-16H2,1-2H3,(H,23,27). The van der Waals surface area contributed by atoms with E-state index >= 15 is 0 Å². The van der Waals surface area contributed by atoms with Crippen LogP contribution in [0.15, 0.2) is 59.8 Å². The van der Waals surface area contributed by atoms with Gasteiger partial charge in [0.05, 0.1) is 12.4 Å². The number of anilines is 1. The SMILES string of the molecule is COCCn1c(CCc2ccccc2)nnc1SCC(=O)Nc1ccc(C)cc1. The highest BCUT2D eigenvalue weighted by Crippen LogP contribution is 2.19. The Bertz CT molecular complexity index is 910.